The highest BCUT2D eigenvalue weighted by Gasteiger charge is 2.24. The highest BCUT2D eigenvalue weighted by atomic mass is 35.5. The van der Waals surface area contributed by atoms with Crippen LogP contribution in [0.25, 0.3) is 11.1 Å². The van der Waals surface area contributed by atoms with Crippen molar-refractivity contribution in [2.45, 2.75) is 4.90 Å². The predicted molar refractivity (Wildman–Crippen MR) is 68.9 cm³/mol. The maximum atomic E-state index is 12.4. The molecular weight excluding hydrogens is 310 g/mol. The van der Waals surface area contributed by atoms with Crippen LogP contribution in [-0.2, 0) is 10.0 Å². The largest absolute Gasteiger partial charge is 0.417 e. The van der Waals surface area contributed by atoms with Gasteiger partial charge in [0.25, 0.3) is 10.0 Å². The van der Waals surface area contributed by atoms with Crippen LogP contribution in [0.5, 0.6) is 0 Å². The standard InChI is InChI=1S/C9H6ClN5O4S/c10-4-1-5-6(19-9(16)13-5)2-7(4)20(17,18)15-3-12-14-8(15)11/h1-3H,(H2,11,14)(H,13,16). The number of oxazole rings is 1. The molecule has 0 atom stereocenters. The van der Waals surface area contributed by atoms with Crippen molar-refractivity contribution in [3.05, 3.63) is 34.0 Å². The van der Waals surface area contributed by atoms with Crippen molar-refractivity contribution in [3.63, 3.8) is 0 Å². The molecule has 3 rings (SSSR count). The van der Waals surface area contributed by atoms with E-state index >= 15 is 0 Å². The van der Waals surface area contributed by atoms with Gasteiger partial charge in [-0.3, -0.25) is 4.98 Å². The first-order chi connectivity index (χ1) is 9.39. The summed E-state index contributed by atoms with van der Waals surface area (Å²) in [7, 11) is -4.08. The fraction of sp³-hybridized carbons (Fsp3) is 0. The normalized spacial score (nSPS) is 12.1. The van der Waals surface area contributed by atoms with Crippen molar-refractivity contribution < 1.29 is 12.8 Å². The zero-order valence-corrected chi connectivity index (χ0v) is 11.1. The summed E-state index contributed by atoms with van der Waals surface area (Å²) in [6.45, 7) is 0. The van der Waals surface area contributed by atoms with Crippen LogP contribution >= 0.6 is 11.6 Å². The predicted octanol–water partition coefficient (Wildman–Crippen LogP) is 0.185. The number of aromatic nitrogens is 4. The molecule has 2 heterocycles. The topological polar surface area (TPSA) is 137 Å². The fourth-order valence-corrected chi connectivity index (χ4v) is 3.35. The lowest BCUT2D eigenvalue weighted by molar-refractivity contribution is 0.553. The van der Waals surface area contributed by atoms with Crippen LogP contribution in [0.2, 0.25) is 5.02 Å². The first-order valence-electron chi connectivity index (χ1n) is 5.13. The number of anilines is 1. The summed E-state index contributed by atoms with van der Waals surface area (Å²) >= 11 is 5.93. The number of nitrogens with zero attached hydrogens (tertiary/aromatic N) is 3. The molecule has 0 bridgehead atoms. The van der Waals surface area contributed by atoms with Crippen LogP contribution in [-0.4, -0.2) is 27.6 Å². The van der Waals surface area contributed by atoms with Crippen LogP contribution in [0.4, 0.5) is 5.95 Å². The van der Waals surface area contributed by atoms with Gasteiger partial charge in [0.2, 0.25) is 5.95 Å². The van der Waals surface area contributed by atoms with Crippen LogP contribution in [0.3, 0.4) is 0 Å². The molecule has 0 saturated heterocycles. The minimum absolute atomic E-state index is 0.0598. The molecule has 3 aromatic rings. The number of aromatic amines is 1. The summed E-state index contributed by atoms with van der Waals surface area (Å²) in [5.74, 6) is -1.02. The summed E-state index contributed by atoms with van der Waals surface area (Å²) < 4.78 is 30.2. The number of hydrogen-bond acceptors (Lipinski definition) is 7. The third-order valence-corrected chi connectivity index (χ3v) is 4.67. The average Bonchev–Trinajstić information content (AvgIpc) is 2.92. The summed E-state index contributed by atoms with van der Waals surface area (Å²) in [5, 5.41) is 6.69. The molecule has 0 aliphatic rings. The molecule has 1 aromatic carbocycles. The fourth-order valence-electron chi connectivity index (χ4n) is 1.68. The van der Waals surface area contributed by atoms with Crippen LogP contribution in [0.15, 0.2) is 32.6 Å². The Balaban J connectivity index is 2.31. The van der Waals surface area contributed by atoms with E-state index in [-0.39, 0.29) is 27.0 Å². The van der Waals surface area contributed by atoms with Crippen molar-refractivity contribution in [1.29, 1.82) is 0 Å². The van der Waals surface area contributed by atoms with Crippen molar-refractivity contribution >= 4 is 38.7 Å². The maximum absolute atomic E-state index is 12.4. The van der Waals surface area contributed by atoms with Crippen LogP contribution < -0.4 is 11.5 Å². The first kappa shape index (κ1) is 12.7. The summed E-state index contributed by atoms with van der Waals surface area (Å²) in [6, 6.07) is 2.40. The Morgan fingerprint density at radius 1 is 1.40 bits per heavy atom. The number of nitrogens with two attached hydrogens (primary N) is 1. The number of halogens is 1. The Bertz CT molecular complexity index is 970. The number of nitrogen functional groups attached to an aromatic ring is 1. The Morgan fingerprint density at radius 2 is 2.15 bits per heavy atom. The minimum Gasteiger partial charge on any atom is -0.408 e. The lowest BCUT2D eigenvalue weighted by Gasteiger charge is -2.07. The molecule has 2 aromatic heterocycles. The molecule has 0 aliphatic heterocycles. The van der Waals surface area contributed by atoms with E-state index in [1.807, 2.05) is 0 Å². The highest BCUT2D eigenvalue weighted by molar-refractivity contribution is 7.90. The van der Waals surface area contributed by atoms with Crippen molar-refractivity contribution in [1.82, 2.24) is 19.2 Å². The SMILES string of the molecule is Nc1nncn1S(=O)(=O)c1cc2oc(=O)[nH]c2cc1Cl. The smallest absolute Gasteiger partial charge is 0.408 e. The van der Waals surface area contributed by atoms with E-state index in [2.05, 4.69) is 15.2 Å². The molecule has 0 spiro atoms. The molecule has 0 unspecified atom stereocenters. The zero-order chi connectivity index (χ0) is 14.5. The van der Waals surface area contributed by atoms with E-state index in [1.54, 1.807) is 0 Å². The summed E-state index contributed by atoms with van der Waals surface area (Å²) in [4.78, 5) is 13.2. The first-order valence-corrected chi connectivity index (χ1v) is 6.95. The number of H-pyrrole nitrogens is 1. The third-order valence-electron chi connectivity index (χ3n) is 2.55. The van der Waals surface area contributed by atoms with Gasteiger partial charge < -0.3 is 10.2 Å². The van der Waals surface area contributed by atoms with Gasteiger partial charge in [-0.1, -0.05) is 11.6 Å². The number of fused-ring (bicyclic) bond motifs is 1. The molecular formula is C9H6ClN5O4S. The molecule has 0 radical (unpaired) electrons. The maximum Gasteiger partial charge on any atom is 0.417 e. The average molecular weight is 316 g/mol. The monoisotopic (exact) mass is 315 g/mol. The molecule has 104 valence electrons. The number of hydrogen-bond donors (Lipinski definition) is 2. The van der Waals surface area contributed by atoms with Gasteiger partial charge in [-0.2, -0.15) is 3.97 Å². The Morgan fingerprint density at radius 3 is 2.80 bits per heavy atom. The van der Waals surface area contributed by atoms with Gasteiger partial charge in [0, 0.05) is 6.07 Å². The van der Waals surface area contributed by atoms with Gasteiger partial charge in [-0.25, -0.2) is 13.2 Å². The number of benzene rings is 1. The molecule has 0 amide bonds. The Hall–Kier alpha value is -2.33. The van der Waals surface area contributed by atoms with E-state index in [0.29, 0.717) is 3.97 Å². The highest BCUT2D eigenvalue weighted by Crippen LogP contribution is 2.28. The minimum atomic E-state index is -4.08. The van der Waals surface area contributed by atoms with Crippen LogP contribution in [0, 0.1) is 0 Å². The second-order valence-electron chi connectivity index (χ2n) is 3.78. The molecule has 0 saturated carbocycles. The lowest BCUT2D eigenvalue weighted by atomic mass is 10.3. The quantitative estimate of drug-likeness (QED) is 0.688. The van der Waals surface area contributed by atoms with Gasteiger partial charge in [0.15, 0.2) is 5.58 Å². The van der Waals surface area contributed by atoms with Crippen molar-refractivity contribution in [2.24, 2.45) is 0 Å². The van der Waals surface area contributed by atoms with Crippen molar-refractivity contribution in [3.8, 4) is 0 Å². The van der Waals surface area contributed by atoms with Crippen molar-refractivity contribution in [2.75, 3.05) is 5.73 Å². The Labute approximate surface area is 116 Å². The van der Waals surface area contributed by atoms with E-state index < -0.39 is 15.8 Å². The molecule has 3 N–H and O–H groups in total. The van der Waals surface area contributed by atoms with Gasteiger partial charge >= 0.3 is 5.76 Å². The Kier molecular flexibility index (Phi) is 2.59. The lowest BCUT2D eigenvalue weighted by Crippen LogP contribution is -2.15. The summed E-state index contributed by atoms with van der Waals surface area (Å²) in [6.07, 6.45) is 0.943. The van der Waals surface area contributed by atoms with E-state index in [0.717, 1.165) is 12.4 Å². The molecule has 20 heavy (non-hydrogen) atoms. The zero-order valence-electron chi connectivity index (χ0n) is 9.57. The van der Waals surface area contributed by atoms with Gasteiger partial charge in [-0.15, -0.1) is 10.2 Å². The van der Waals surface area contributed by atoms with E-state index in [4.69, 9.17) is 21.8 Å². The van der Waals surface area contributed by atoms with Crippen LogP contribution in [0.1, 0.15) is 0 Å². The van der Waals surface area contributed by atoms with E-state index in [1.165, 1.54) is 6.07 Å². The molecule has 0 aliphatic carbocycles. The third kappa shape index (κ3) is 1.77. The number of nitrogens with one attached hydrogen (secondary N) is 1. The van der Waals surface area contributed by atoms with Gasteiger partial charge in [0.1, 0.15) is 11.2 Å². The second kappa shape index (κ2) is 4.08. The van der Waals surface area contributed by atoms with E-state index in [9.17, 15) is 13.2 Å². The molecule has 11 heteroatoms. The summed E-state index contributed by atoms with van der Waals surface area (Å²) in [5.41, 5.74) is 5.77. The molecule has 0 fully saturated rings. The second-order valence-corrected chi connectivity index (χ2v) is 5.97. The molecule has 9 nitrogen and oxygen atoms in total. The van der Waals surface area contributed by atoms with Gasteiger partial charge in [-0.05, 0) is 6.07 Å². The number of rotatable bonds is 2. The van der Waals surface area contributed by atoms with Gasteiger partial charge in [0.05, 0.1) is 10.5 Å².